The maximum absolute atomic E-state index is 5.82. The van der Waals surface area contributed by atoms with Gasteiger partial charge in [-0.05, 0) is 18.1 Å². The molecule has 2 nitrogen and oxygen atoms in total. The number of hydrogen-bond acceptors (Lipinski definition) is 2. The second kappa shape index (κ2) is 6.08. The molecule has 0 aliphatic carbocycles. The van der Waals surface area contributed by atoms with E-state index in [1.165, 1.54) is 5.56 Å². The highest BCUT2D eigenvalue weighted by molar-refractivity contribution is 6.17. The third kappa shape index (κ3) is 3.02. The Hall–Kier alpha value is -0.990. The van der Waals surface area contributed by atoms with Crippen LogP contribution in [0.25, 0.3) is 0 Å². The highest BCUT2D eigenvalue weighted by atomic mass is 35.5. The Morgan fingerprint density at radius 3 is 2.71 bits per heavy atom. The molecule has 0 bridgehead atoms. The molecule has 1 unspecified atom stereocenters. The third-order valence-corrected chi connectivity index (χ3v) is 3.16. The summed E-state index contributed by atoms with van der Waals surface area (Å²) in [5, 5.41) is 2.02. The third-order valence-electron chi connectivity index (χ3n) is 2.89. The van der Waals surface area contributed by atoms with Crippen molar-refractivity contribution in [3.8, 4) is 0 Å². The van der Waals surface area contributed by atoms with Crippen LogP contribution in [0.4, 0.5) is 0 Å². The largest absolute Gasteiger partial charge is 0.410 e. The molecular formula is C14H18ClNO. The van der Waals surface area contributed by atoms with Gasteiger partial charge in [-0.25, -0.2) is 0 Å². The fraction of sp³-hybridized carbons (Fsp3) is 0.429. The number of hydroxylamine groups is 2. The summed E-state index contributed by atoms with van der Waals surface area (Å²) >= 11 is 5.74. The highest BCUT2D eigenvalue weighted by Crippen LogP contribution is 2.32. The van der Waals surface area contributed by atoms with Crippen LogP contribution >= 0.6 is 11.6 Å². The normalized spacial score (nSPS) is 20.1. The number of allylic oxidation sites excluding steroid dienone is 1. The van der Waals surface area contributed by atoms with Gasteiger partial charge < -0.3 is 4.84 Å². The molecule has 1 aromatic carbocycles. The Morgan fingerprint density at radius 2 is 2.06 bits per heavy atom. The zero-order valence-corrected chi connectivity index (χ0v) is 10.9. The van der Waals surface area contributed by atoms with Gasteiger partial charge in [-0.15, -0.1) is 16.7 Å². The Morgan fingerprint density at radius 1 is 1.29 bits per heavy atom. The smallest absolute Gasteiger partial charge is 0.122 e. The minimum atomic E-state index is 0.231. The number of halogens is 1. The molecule has 0 fully saturated rings. The topological polar surface area (TPSA) is 12.5 Å². The van der Waals surface area contributed by atoms with Gasteiger partial charge in [-0.1, -0.05) is 37.3 Å². The number of nitrogens with zero attached hydrogens (tertiary/aromatic N) is 1. The van der Waals surface area contributed by atoms with Gasteiger partial charge in [-0.3, -0.25) is 0 Å². The first-order valence-electron chi connectivity index (χ1n) is 6.11. The average Bonchev–Trinajstić information content (AvgIpc) is 2.80. The monoisotopic (exact) mass is 251 g/mol. The van der Waals surface area contributed by atoms with Crippen LogP contribution in [0.15, 0.2) is 42.2 Å². The first-order chi connectivity index (χ1) is 8.35. The van der Waals surface area contributed by atoms with E-state index in [9.17, 15) is 0 Å². The lowest BCUT2D eigenvalue weighted by atomic mass is 10.1. The molecule has 0 amide bonds. The van der Waals surface area contributed by atoms with Crippen molar-refractivity contribution in [2.45, 2.75) is 25.8 Å². The molecule has 0 spiro atoms. The Balaban J connectivity index is 2.13. The van der Waals surface area contributed by atoms with E-state index in [1.807, 2.05) is 11.1 Å². The second-order valence-electron chi connectivity index (χ2n) is 4.12. The summed E-state index contributed by atoms with van der Waals surface area (Å²) in [6.45, 7) is 2.97. The van der Waals surface area contributed by atoms with Crippen LogP contribution in [0, 0.1) is 0 Å². The van der Waals surface area contributed by atoms with Gasteiger partial charge in [0.05, 0.1) is 6.04 Å². The number of hydrogen-bond donors (Lipinski definition) is 0. The molecule has 0 radical (unpaired) electrons. The van der Waals surface area contributed by atoms with Gasteiger partial charge in [0.2, 0.25) is 0 Å². The molecule has 1 aliphatic rings. The van der Waals surface area contributed by atoms with Gasteiger partial charge in [0.25, 0.3) is 0 Å². The molecule has 0 N–H and O–H groups in total. The van der Waals surface area contributed by atoms with Crippen LogP contribution in [0.2, 0.25) is 0 Å². The predicted octanol–water partition coefficient (Wildman–Crippen LogP) is 3.90. The Bertz CT molecular complexity index is 377. The van der Waals surface area contributed by atoms with E-state index in [4.69, 9.17) is 16.4 Å². The summed E-state index contributed by atoms with van der Waals surface area (Å²) in [6.07, 6.45) is 4.07. The maximum atomic E-state index is 5.82. The van der Waals surface area contributed by atoms with Crippen LogP contribution in [0.1, 0.15) is 31.4 Å². The second-order valence-corrected chi connectivity index (χ2v) is 4.49. The molecule has 1 atom stereocenters. The summed E-state index contributed by atoms with van der Waals surface area (Å²) < 4.78 is 0. The fourth-order valence-electron chi connectivity index (χ4n) is 1.99. The molecule has 17 heavy (non-hydrogen) atoms. The molecule has 0 saturated carbocycles. The summed E-state index contributed by atoms with van der Waals surface area (Å²) in [5.74, 6) is 1.72. The van der Waals surface area contributed by atoms with E-state index in [0.717, 1.165) is 25.1 Å². The standard InChI is InChI=1S/C14H18ClNO/c1-2-13-11-14(12-7-4-3-5-8-12)16(17-13)10-6-9-15/h3-5,7-8,11,14H,2,6,9-10H2,1H3. The first-order valence-corrected chi connectivity index (χ1v) is 6.64. The van der Waals surface area contributed by atoms with Crippen LogP contribution < -0.4 is 0 Å². The van der Waals surface area contributed by atoms with Gasteiger partial charge in [0.1, 0.15) is 5.76 Å². The molecule has 1 heterocycles. The SMILES string of the molecule is CCC1=CC(c2ccccc2)N(CCCCl)O1. The molecule has 3 heteroatoms. The van der Waals surface area contributed by atoms with Crippen molar-refractivity contribution in [3.05, 3.63) is 47.7 Å². The molecule has 2 rings (SSSR count). The van der Waals surface area contributed by atoms with Gasteiger partial charge in [0.15, 0.2) is 0 Å². The zero-order valence-electron chi connectivity index (χ0n) is 10.1. The predicted molar refractivity (Wildman–Crippen MR) is 70.7 cm³/mol. The zero-order chi connectivity index (χ0) is 12.1. The molecule has 0 saturated heterocycles. The highest BCUT2D eigenvalue weighted by Gasteiger charge is 2.26. The van der Waals surface area contributed by atoms with Crippen LogP contribution in [0.3, 0.4) is 0 Å². The number of alkyl halides is 1. The average molecular weight is 252 g/mol. The summed E-state index contributed by atoms with van der Waals surface area (Å²) in [6, 6.07) is 10.7. The van der Waals surface area contributed by atoms with E-state index in [0.29, 0.717) is 5.88 Å². The van der Waals surface area contributed by atoms with E-state index >= 15 is 0 Å². The molecular weight excluding hydrogens is 234 g/mol. The van der Waals surface area contributed by atoms with E-state index in [-0.39, 0.29) is 6.04 Å². The van der Waals surface area contributed by atoms with Crippen molar-refractivity contribution >= 4 is 11.6 Å². The van der Waals surface area contributed by atoms with Crippen molar-refractivity contribution in [1.82, 2.24) is 5.06 Å². The van der Waals surface area contributed by atoms with Crippen LogP contribution in [-0.2, 0) is 4.84 Å². The summed E-state index contributed by atoms with van der Waals surface area (Å²) in [5.41, 5.74) is 1.27. The van der Waals surface area contributed by atoms with Crippen molar-refractivity contribution in [2.24, 2.45) is 0 Å². The molecule has 0 aromatic heterocycles. The summed E-state index contributed by atoms with van der Waals surface area (Å²) in [7, 11) is 0. The van der Waals surface area contributed by atoms with Crippen molar-refractivity contribution in [3.63, 3.8) is 0 Å². The van der Waals surface area contributed by atoms with Gasteiger partial charge in [0, 0.05) is 18.8 Å². The lowest BCUT2D eigenvalue weighted by Crippen LogP contribution is -2.24. The molecule has 1 aliphatic heterocycles. The Kier molecular flexibility index (Phi) is 4.46. The molecule has 1 aromatic rings. The first kappa shape index (κ1) is 12.5. The Labute approximate surface area is 108 Å². The van der Waals surface area contributed by atoms with Crippen molar-refractivity contribution < 1.29 is 4.84 Å². The van der Waals surface area contributed by atoms with Crippen LogP contribution in [-0.4, -0.2) is 17.5 Å². The number of benzene rings is 1. The van der Waals surface area contributed by atoms with Crippen LogP contribution in [0.5, 0.6) is 0 Å². The van der Waals surface area contributed by atoms with E-state index < -0.39 is 0 Å². The summed E-state index contributed by atoms with van der Waals surface area (Å²) in [4.78, 5) is 5.82. The minimum Gasteiger partial charge on any atom is -0.410 e. The number of rotatable bonds is 5. The lowest BCUT2D eigenvalue weighted by molar-refractivity contribution is -0.120. The van der Waals surface area contributed by atoms with Crippen molar-refractivity contribution in [2.75, 3.05) is 12.4 Å². The van der Waals surface area contributed by atoms with Crippen molar-refractivity contribution in [1.29, 1.82) is 0 Å². The van der Waals surface area contributed by atoms with E-state index in [2.05, 4.69) is 37.3 Å². The maximum Gasteiger partial charge on any atom is 0.122 e. The van der Waals surface area contributed by atoms with E-state index in [1.54, 1.807) is 0 Å². The molecule has 92 valence electrons. The van der Waals surface area contributed by atoms with Gasteiger partial charge in [-0.2, -0.15) is 0 Å². The quantitative estimate of drug-likeness (QED) is 0.736. The fourth-order valence-corrected chi connectivity index (χ4v) is 2.11. The lowest BCUT2D eigenvalue weighted by Gasteiger charge is -2.23. The minimum absolute atomic E-state index is 0.231. The van der Waals surface area contributed by atoms with Gasteiger partial charge >= 0.3 is 0 Å².